The van der Waals surface area contributed by atoms with Crippen molar-refractivity contribution < 1.29 is 0 Å². The summed E-state index contributed by atoms with van der Waals surface area (Å²) in [7, 11) is 8.31. The zero-order valence-corrected chi connectivity index (χ0v) is 10.7. The van der Waals surface area contributed by atoms with Crippen LogP contribution >= 0.6 is 41.4 Å². The van der Waals surface area contributed by atoms with Gasteiger partial charge < -0.3 is 0 Å². The summed E-state index contributed by atoms with van der Waals surface area (Å²) >= 11 is 6.10. The highest BCUT2D eigenvalue weighted by molar-refractivity contribution is 14.2. The van der Waals surface area contributed by atoms with E-state index in [1.807, 2.05) is 0 Å². The maximum absolute atomic E-state index is 3.66. The smallest absolute Gasteiger partial charge is 0.153 e. The highest BCUT2D eigenvalue weighted by Crippen LogP contribution is 2.76. The summed E-state index contributed by atoms with van der Waals surface area (Å²) in [5.41, 5.74) is 0. The molecule has 0 aliphatic carbocycles. The van der Waals surface area contributed by atoms with E-state index in [9.17, 15) is 0 Å². The third kappa shape index (κ3) is 2.97. The second-order valence-corrected chi connectivity index (χ2v) is 15.6. The summed E-state index contributed by atoms with van der Waals surface area (Å²) in [5, 5.41) is 0. The molecule has 0 aromatic rings. The van der Waals surface area contributed by atoms with Gasteiger partial charge in [-0.15, -0.1) is 0 Å². The highest BCUT2D eigenvalue weighted by atomic mass is 127. The Balaban J connectivity index is 4.01. The van der Waals surface area contributed by atoms with Crippen LogP contribution in [0.4, 0.5) is 0 Å². The van der Waals surface area contributed by atoms with Crippen LogP contribution in [-0.2, 0) is 0 Å². The second kappa shape index (κ2) is 3.81. The molecule has 0 rings (SSSR count). The van der Waals surface area contributed by atoms with Crippen molar-refractivity contribution in [3.63, 3.8) is 0 Å². The molecule has 0 aliphatic heterocycles. The summed E-state index contributed by atoms with van der Waals surface area (Å²) in [4.78, 5) is 0. The van der Waals surface area contributed by atoms with Crippen molar-refractivity contribution in [3.8, 4) is 0 Å². The van der Waals surface area contributed by atoms with E-state index in [1.165, 1.54) is 0 Å². The molecule has 0 aromatic heterocycles. The molecule has 0 radical (unpaired) electrons. The summed E-state index contributed by atoms with van der Waals surface area (Å²) < 4.78 is 3.27. The Morgan fingerprint density at radius 3 is 1.33 bits per heavy atom. The minimum Gasteiger partial charge on any atom is -0.153 e. The van der Waals surface area contributed by atoms with Gasteiger partial charge in [-0.05, 0) is 0 Å². The average molecular weight is 326 g/mol. The predicted octanol–water partition coefficient (Wildman–Crippen LogP) is 2.62. The van der Waals surface area contributed by atoms with Crippen molar-refractivity contribution in [1.29, 1.82) is 0 Å². The molecule has 0 saturated heterocycles. The fourth-order valence-electron chi connectivity index (χ4n) is 0.358. The third-order valence-corrected chi connectivity index (χ3v) is 11.9. The minimum atomic E-state index is -1.14. The van der Waals surface area contributed by atoms with Crippen molar-refractivity contribution in [2.75, 3.05) is 28.2 Å². The molecule has 0 fully saturated rings. The van der Waals surface area contributed by atoms with E-state index in [0.29, 0.717) is 0 Å². The fourth-order valence-corrected chi connectivity index (χ4v) is 1.07. The fraction of sp³-hybridized carbons (Fsp3) is 1.00. The maximum atomic E-state index is 3.66. The second-order valence-electron chi connectivity index (χ2n) is 2.15. The monoisotopic (exact) mass is 325 g/mol. The lowest BCUT2D eigenvalue weighted by Crippen LogP contribution is -2.17. The molecule has 0 heterocycles. The van der Waals surface area contributed by atoms with Gasteiger partial charge in [-0.3, -0.25) is 0 Å². The molecule has 0 atom stereocenters. The summed E-state index contributed by atoms with van der Waals surface area (Å²) in [6.45, 7) is 0. The first-order valence-corrected chi connectivity index (χ1v) is 9.03. The van der Waals surface area contributed by atoms with E-state index < -0.39 is 3.91 Å². The summed E-state index contributed by atoms with van der Waals surface area (Å²) in [6, 6.07) is 0. The van der Waals surface area contributed by atoms with Crippen LogP contribution in [0.25, 0.3) is 0 Å². The number of hydrogen-bond donors (Lipinski definition) is 0. The largest absolute Gasteiger partial charge is 0.283 e. The molecule has 0 N–H and O–H groups in total. The van der Waals surface area contributed by atoms with Crippen LogP contribution in [0.3, 0.4) is 0 Å². The van der Waals surface area contributed by atoms with Gasteiger partial charge in [-0.25, -0.2) is 0 Å². The van der Waals surface area contributed by atoms with E-state index in [1.54, 1.807) is 0 Å². The molecular formula is C4H12BrIN2P+. The van der Waals surface area contributed by atoms with Crippen LogP contribution in [0.15, 0.2) is 0 Å². The first-order valence-electron chi connectivity index (χ1n) is 2.53. The van der Waals surface area contributed by atoms with Gasteiger partial charge >= 0.3 is 0 Å². The normalized spacial score (nSPS) is 13.3. The standard InChI is InChI=1S/C4H12BrIN2P/c1-7(2)9(5,6)8(3)4/h1-4H3/q+1. The quantitative estimate of drug-likeness (QED) is 0.569. The first kappa shape index (κ1) is 10.6. The van der Waals surface area contributed by atoms with Gasteiger partial charge in [-0.2, -0.15) is 9.34 Å². The van der Waals surface area contributed by atoms with Gasteiger partial charge in [0.15, 0.2) is 15.5 Å². The maximum Gasteiger partial charge on any atom is 0.283 e. The molecule has 5 heteroatoms. The minimum absolute atomic E-state index is 1.14. The van der Waals surface area contributed by atoms with Crippen LogP contribution in [-0.4, -0.2) is 37.5 Å². The van der Waals surface area contributed by atoms with Crippen molar-refractivity contribution in [3.05, 3.63) is 0 Å². The van der Waals surface area contributed by atoms with Crippen LogP contribution in [0.5, 0.6) is 0 Å². The molecular weight excluding hydrogens is 314 g/mol. The Morgan fingerprint density at radius 2 is 1.33 bits per heavy atom. The van der Waals surface area contributed by atoms with Crippen LogP contribution in [0, 0.1) is 0 Å². The summed E-state index contributed by atoms with van der Waals surface area (Å²) in [5.74, 6) is 0. The van der Waals surface area contributed by atoms with Crippen molar-refractivity contribution in [1.82, 2.24) is 9.34 Å². The van der Waals surface area contributed by atoms with E-state index in [4.69, 9.17) is 0 Å². The van der Waals surface area contributed by atoms with Gasteiger partial charge in [0, 0.05) is 28.2 Å². The predicted molar refractivity (Wildman–Crippen MR) is 57.2 cm³/mol. The number of halogens is 2. The number of hydrogen-bond acceptors (Lipinski definition) is 2. The van der Waals surface area contributed by atoms with Gasteiger partial charge in [-0.1, -0.05) is 0 Å². The molecule has 9 heavy (non-hydrogen) atoms. The molecule has 0 aromatic carbocycles. The molecule has 0 amide bonds. The van der Waals surface area contributed by atoms with Crippen molar-refractivity contribution >= 4 is 41.4 Å². The topological polar surface area (TPSA) is 6.48 Å². The molecule has 0 aliphatic rings. The Bertz CT molecular complexity index is 86.6. The Morgan fingerprint density at radius 1 is 1.11 bits per heavy atom. The molecule has 0 bridgehead atoms. The Kier molecular flexibility index (Phi) is 4.47. The van der Waals surface area contributed by atoms with Gasteiger partial charge in [0.25, 0.3) is 3.91 Å². The molecule has 2 nitrogen and oxygen atoms in total. The van der Waals surface area contributed by atoms with Gasteiger partial charge in [0.1, 0.15) is 0 Å². The van der Waals surface area contributed by atoms with Crippen molar-refractivity contribution in [2.45, 2.75) is 0 Å². The van der Waals surface area contributed by atoms with E-state index >= 15 is 0 Å². The van der Waals surface area contributed by atoms with E-state index in [-0.39, 0.29) is 0 Å². The lowest BCUT2D eigenvalue weighted by atomic mass is 11.3. The number of nitrogens with zero attached hydrogens (tertiary/aromatic N) is 2. The average Bonchev–Trinajstić information content (AvgIpc) is 1.65. The van der Waals surface area contributed by atoms with Crippen LogP contribution in [0.1, 0.15) is 0 Å². The SMILES string of the molecule is CN(C)[P+](Br)(I)N(C)C. The first-order chi connectivity index (χ1) is 3.89. The Labute approximate surface area is 78.6 Å². The third-order valence-electron chi connectivity index (χ3n) is 0.963. The van der Waals surface area contributed by atoms with Crippen LogP contribution in [0.2, 0.25) is 0 Å². The van der Waals surface area contributed by atoms with Gasteiger partial charge in [0.2, 0.25) is 22.0 Å². The lowest BCUT2D eigenvalue weighted by Gasteiger charge is -2.23. The van der Waals surface area contributed by atoms with Crippen LogP contribution < -0.4 is 0 Å². The van der Waals surface area contributed by atoms with E-state index in [0.717, 1.165) is 0 Å². The molecule has 0 saturated carbocycles. The number of rotatable bonds is 2. The lowest BCUT2D eigenvalue weighted by molar-refractivity contribution is 0.590. The van der Waals surface area contributed by atoms with Gasteiger partial charge in [0.05, 0.1) is 0 Å². The summed E-state index contributed by atoms with van der Waals surface area (Å²) in [6.07, 6.45) is 0. The zero-order chi connectivity index (χ0) is 7.65. The zero-order valence-electron chi connectivity index (χ0n) is 6.10. The highest BCUT2D eigenvalue weighted by Gasteiger charge is 2.39. The van der Waals surface area contributed by atoms with Crippen molar-refractivity contribution in [2.24, 2.45) is 0 Å². The van der Waals surface area contributed by atoms with E-state index in [2.05, 4.69) is 75.1 Å². The molecule has 0 spiro atoms. The molecule has 0 unspecified atom stereocenters. The Hall–Kier alpha value is 1.56. The molecule has 56 valence electrons.